The van der Waals surface area contributed by atoms with E-state index < -0.39 is 17.4 Å². The number of carbonyl (C=O) groups excluding carboxylic acids is 2. The minimum Gasteiger partial charge on any atom is -0.506 e. The van der Waals surface area contributed by atoms with Gasteiger partial charge in [-0.25, -0.2) is 9.59 Å². The maximum Gasteiger partial charge on any atom is 0.338 e. The standard InChI is InChI=1S/C15H6Cl2O6/c16-7-1-5-11(3-9(7)18)22-13(20)15(5)6-2-8(17)10(19)4-12(6)23-14(15)21/h1-4,18-19H. The Bertz CT molecular complexity index is 845. The summed E-state index contributed by atoms with van der Waals surface area (Å²) < 4.78 is 10.2. The number of esters is 2. The van der Waals surface area contributed by atoms with Crippen LogP contribution in [-0.4, -0.2) is 22.2 Å². The number of phenols is 2. The second-order valence-electron chi connectivity index (χ2n) is 5.13. The van der Waals surface area contributed by atoms with Gasteiger partial charge >= 0.3 is 11.9 Å². The zero-order valence-electron chi connectivity index (χ0n) is 11.1. The monoisotopic (exact) mass is 352 g/mol. The summed E-state index contributed by atoms with van der Waals surface area (Å²) in [7, 11) is 0. The van der Waals surface area contributed by atoms with Gasteiger partial charge in [0.2, 0.25) is 5.41 Å². The predicted octanol–water partition coefficient (Wildman–Crippen LogP) is 2.53. The Morgan fingerprint density at radius 3 is 1.57 bits per heavy atom. The first kappa shape index (κ1) is 14.2. The van der Waals surface area contributed by atoms with E-state index in [1.54, 1.807) is 0 Å². The highest BCUT2D eigenvalue weighted by Gasteiger charge is 2.63. The van der Waals surface area contributed by atoms with Gasteiger partial charge in [-0.05, 0) is 12.1 Å². The predicted molar refractivity (Wildman–Crippen MR) is 78.3 cm³/mol. The summed E-state index contributed by atoms with van der Waals surface area (Å²) in [4.78, 5) is 25.0. The van der Waals surface area contributed by atoms with E-state index in [-0.39, 0.29) is 44.2 Å². The Labute approximate surface area is 138 Å². The summed E-state index contributed by atoms with van der Waals surface area (Å²) in [6, 6.07) is 4.84. The SMILES string of the molecule is O=C1Oc2cc(O)c(Cl)cc2C12C(=O)Oc1cc(O)c(Cl)cc12. The third-order valence-corrected chi connectivity index (χ3v) is 4.53. The fourth-order valence-electron chi connectivity index (χ4n) is 2.86. The molecule has 2 heterocycles. The van der Waals surface area contributed by atoms with Gasteiger partial charge in [0.1, 0.15) is 23.0 Å². The van der Waals surface area contributed by atoms with Crippen LogP contribution in [0.1, 0.15) is 11.1 Å². The second-order valence-corrected chi connectivity index (χ2v) is 5.94. The smallest absolute Gasteiger partial charge is 0.338 e. The number of rotatable bonds is 0. The molecule has 2 aromatic carbocycles. The number of phenolic OH excluding ortho intramolecular Hbond substituents is 2. The van der Waals surface area contributed by atoms with Crippen molar-refractivity contribution in [2.75, 3.05) is 0 Å². The van der Waals surface area contributed by atoms with Gasteiger partial charge in [0.05, 0.1) is 10.0 Å². The molecule has 0 atom stereocenters. The van der Waals surface area contributed by atoms with E-state index in [4.69, 9.17) is 32.7 Å². The molecule has 4 rings (SSSR count). The van der Waals surface area contributed by atoms with Gasteiger partial charge in [-0.1, -0.05) is 23.2 Å². The molecule has 2 aromatic rings. The van der Waals surface area contributed by atoms with Gasteiger partial charge in [0.25, 0.3) is 0 Å². The van der Waals surface area contributed by atoms with Crippen molar-refractivity contribution < 1.29 is 29.3 Å². The molecule has 0 aromatic heterocycles. The topological polar surface area (TPSA) is 93.1 Å². The van der Waals surface area contributed by atoms with Gasteiger partial charge in [0, 0.05) is 23.3 Å². The summed E-state index contributed by atoms with van der Waals surface area (Å²) in [5, 5.41) is 19.2. The average Bonchev–Trinajstić information content (AvgIpc) is 2.90. The Morgan fingerprint density at radius 1 is 0.783 bits per heavy atom. The highest BCUT2D eigenvalue weighted by atomic mass is 35.5. The summed E-state index contributed by atoms with van der Waals surface area (Å²) in [5.74, 6) is -2.34. The van der Waals surface area contributed by atoms with Crippen LogP contribution in [-0.2, 0) is 15.0 Å². The Hall–Kier alpha value is -2.44. The molecule has 8 heteroatoms. The molecule has 1 spiro atoms. The van der Waals surface area contributed by atoms with E-state index in [0.717, 1.165) is 12.1 Å². The number of aromatic hydroxyl groups is 2. The van der Waals surface area contributed by atoms with Gasteiger partial charge in [0.15, 0.2) is 0 Å². The molecule has 2 N–H and O–H groups in total. The van der Waals surface area contributed by atoms with Crippen LogP contribution in [0, 0.1) is 0 Å². The van der Waals surface area contributed by atoms with Crippen LogP contribution in [0.5, 0.6) is 23.0 Å². The quantitative estimate of drug-likeness (QED) is 0.430. The molecule has 23 heavy (non-hydrogen) atoms. The van der Waals surface area contributed by atoms with Gasteiger partial charge in [-0.3, -0.25) is 0 Å². The van der Waals surface area contributed by atoms with Gasteiger partial charge in [-0.15, -0.1) is 0 Å². The fraction of sp³-hybridized carbons (Fsp3) is 0.0667. The number of ether oxygens (including phenoxy) is 2. The van der Waals surface area contributed by atoms with E-state index in [9.17, 15) is 19.8 Å². The molecule has 0 aliphatic carbocycles. The molecule has 0 fully saturated rings. The normalized spacial score (nSPS) is 17.0. The van der Waals surface area contributed by atoms with Gasteiger partial charge < -0.3 is 19.7 Å². The largest absolute Gasteiger partial charge is 0.506 e. The van der Waals surface area contributed by atoms with Crippen LogP contribution in [0.25, 0.3) is 0 Å². The van der Waals surface area contributed by atoms with Crippen LogP contribution in [0.4, 0.5) is 0 Å². The van der Waals surface area contributed by atoms with E-state index in [1.165, 1.54) is 12.1 Å². The third kappa shape index (κ3) is 1.59. The molecule has 0 saturated heterocycles. The van der Waals surface area contributed by atoms with E-state index in [0.29, 0.717) is 0 Å². The van der Waals surface area contributed by atoms with Crippen molar-refractivity contribution >= 4 is 35.1 Å². The number of halogens is 2. The van der Waals surface area contributed by atoms with Crippen LogP contribution in [0.2, 0.25) is 10.0 Å². The summed E-state index contributed by atoms with van der Waals surface area (Å²) in [5.41, 5.74) is -1.58. The van der Waals surface area contributed by atoms with Crippen LogP contribution in [0.3, 0.4) is 0 Å². The van der Waals surface area contributed by atoms with E-state index in [1.807, 2.05) is 0 Å². The fourth-order valence-corrected chi connectivity index (χ4v) is 3.19. The number of hydrogen-bond donors (Lipinski definition) is 2. The summed E-state index contributed by atoms with van der Waals surface area (Å²) in [6.45, 7) is 0. The van der Waals surface area contributed by atoms with Crippen molar-refractivity contribution in [1.29, 1.82) is 0 Å². The maximum atomic E-state index is 12.5. The van der Waals surface area contributed by atoms with Crippen molar-refractivity contribution in [3.63, 3.8) is 0 Å². The molecular weight excluding hydrogens is 347 g/mol. The molecule has 0 bridgehead atoms. The highest BCUT2D eigenvalue weighted by Crippen LogP contribution is 2.54. The molecule has 0 saturated carbocycles. The molecule has 0 radical (unpaired) electrons. The summed E-state index contributed by atoms with van der Waals surface area (Å²) in [6.07, 6.45) is 0. The first-order chi connectivity index (χ1) is 10.9. The van der Waals surface area contributed by atoms with Crippen LogP contribution < -0.4 is 9.47 Å². The number of hydrogen-bond acceptors (Lipinski definition) is 6. The number of fused-ring (bicyclic) bond motifs is 4. The molecule has 2 aliphatic rings. The zero-order chi connectivity index (χ0) is 16.5. The molecule has 2 aliphatic heterocycles. The lowest BCUT2D eigenvalue weighted by Gasteiger charge is -2.16. The van der Waals surface area contributed by atoms with Gasteiger partial charge in [-0.2, -0.15) is 0 Å². The average molecular weight is 353 g/mol. The van der Waals surface area contributed by atoms with E-state index >= 15 is 0 Å². The van der Waals surface area contributed by atoms with Crippen molar-refractivity contribution in [2.24, 2.45) is 0 Å². The van der Waals surface area contributed by atoms with Crippen molar-refractivity contribution in [2.45, 2.75) is 5.41 Å². The number of carbonyl (C=O) groups is 2. The Kier molecular flexibility index (Phi) is 2.65. The molecule has 6 nitrogen and oxygen atoms in total. The Morgan fingerprint density at radius 2 is 1.17 bits per heavy atom. The molecule has 0 amide bonds. The Balaban J connectivity index is 2.08. The van der Waals surface area contributed by atoms with Crippen LogP contribution >= 0.6 is 23.2 Å². The lowest BCUT2D eigenvalue weighted by Crippen LogP contribution is -2.41. The summed E-state index contributed by atoms with van der Waals surface area (Å²) >= 11 is 11.8. The minimum absolute atomic E-state index is 0.00546. The first-order valence-electron chi connectivity index (χ1n) is 6.36. The second kappa shape index (κ2) is 4.31. The third-order valence-electron chi connectivity index (χ3n) is 3.92. The minimum atomic E-state index is -1.88. The zero-order valence-corrected chi connectivity index (χ0v) is 12.6. The lowest BCUT2D eigenvalue weighted by molar-refractivity contribution is -0.147. The molecule has 0 unspecified atom stereocenters. The maximum absolute atomic E-state index is 12.5. The molecular formula is C15H6Cl2O6. The highest BCUT2D eigenvalue weighted by molar-refractivity contribution is 6.33. The van der Waals surface area contributed by atoms with Crippen molar-refractivity contribution in [1.82, 2.24) is 0 Å². The van der Waals surface area contributed by atoms with Crippen molar-refractivity contribution in [3.8, 4) is 23.0 Å². The van der Waals surface area contributed by atoms with Crippen LogP contribution in [0.15, 0.2) is 24.3 Å². The van der Waals surface area contributed by atoms with Crippen molar-refractivity contribution in [3.05, 3.63) is 45.4 Å². The van der Waals surface area contributed by atoms with E-state index in [2.05, 4.69) is 0 Å². The molecule has 116 valence electrons. The number of benzene rings is 2. The first-order valence-corrected chi connectivity index (χ1v) is 7.12. The lowest BCUT2D eigenvalue weighted by atomic mass is 9.76.